The molecule has 12 heteroatoms. The van der Waals surface area contributed by atoms with Crippen molar-refractivity contribution >= 4 is 15.6 Å². The molecule has 8 nitrogen and oxygen atoms in total. The summed E-state index contributed by atoms with van der Waals surface area (Å²) in [7, 11) is -9.95. The van der Waals surface area contributed by atoms with Crippen LogP contribution >= 0.6 is 15.6 Å². The molecule has 70 valence electrons. The molecular weight excluding hydrogens is 666 g/mol. The third kappa shape index (κ3) is 18.2. The maximum absolute atomic E-state index is 9.68. The summed E-state index contributed by atoms with van der Waals surface area (Å²) in [5.41, 5.74) is 0. The van der Waals surface area contributed by atoms with Crippen LogP contribution in [0, 0.1) is 62.2 Å². The normalized spacial score (nSPS) is 11.3. The second-order valence-electron chi connectivity index (χ2n) is 1.13. The Morgan fingerprint density at radius 2 is 0.917 bits per heavy atom. The largest absolute Gasteiger partial charge is 0.497 e. The Bertz CT molecular complexity index is 165. The number of hydrogen-bond acceptors (Lipinski definition) is 4. The van der Waals surface area contributed by atoms with Crippen molar-refractivity contribution in [1.29, 1.82) is 0 Å². The van der Waals surface area contributed by atoms with E-state index in [1.54, 1.807) is 0 Å². The molecule has 0 bridgehead atoms. The molecule has 0 aliphatic carbocycles. The van der Waals surface area contributed by atoms with Crippen molar-refractivity contribution in [3.8, 4) is 0 Å². The Morgan fingerprint density at radius 3 is 1.00 bits per heavy atom. The average molecular weight is 670 g/mol. The summed E-state index contributed by atoms with van der Waals surface area (Å²) >= 11 is 0. The van der Waals surface area contributed by atoms with Crippen LogP contribution in [0.2, 0.25) is 0 Å². The first kappa shape index (κ1) is 19.8. The standard InChI is InChI=1S/H4O8P2.2U/c1-9(2,3)7-8-10(4,5)6;;/h(H2,1,2,3)(H2,4,5,6);;. The van der Waals surface area contributed by atoms with E-state index in [4.69, 9.17) is 19.6 Å². The van der Waals surface area contributed by atoms with E-state index in [2.05, 4.69) is 9.35 Å². The molecule has 0 rings (SSSR count). The Morgan fingerprint density at radius 1 is 0.750 bits per heavy atom. The van der Waals surface area contributed by atoms with Crippen LogP contribution in [0.15, 0.2) is 0 Å². The van der Waals surface area contributed by atoms with Gasteiger partial charge in [0.15, 0.2) is 0 Å². The summed E-state index contributed by atoms with van der Waals surface area (Å²) < 4.78 is 25.4. The third-order valence-corrected chi connectivity index (χ3v) is 0.883. The van der Waals surface area contributed by atoms with E-state index in [1.165, 1.54) is 0 Å². The van der Waals surface area contributed by atoms with Crippen molar-refractivity contribution in [3.63, 3.8) is 0 Å². The van der Waals surface area contributed by atoms with E-state index in [0.717, 1.165) is 0 Å². The monoisotopic (exact) mass is 670 g/mol. The molecule has 0 heterocycles. The summed E-state index contributed by atoms with van der Waals surface area (Å²) in [6.07, 6.45) is 0. The Kier molecular flexibility index (Phi) is 12.5. The maximum atomic E-state index is 9.68. The van der Waals surface area contributed by atoms with Gasteiger partial charge in [0.2, 0.25) is 0 Å². The van der Waals surface area contributed by atoms with Gasteiger partial charge in [-0.15, -0.1) is 9.35 Å². The van der Waals surface area contributed by atoms with Crippen LogP contribution in [0.25, 0.3) is 0 Å². The van der Waals surface area contributed by atoms with Crippen molar-refractivity contribution in [2.24, 2.45) is 0 Å². The molecule has 0 fully saturated rings. The minimum Gasteiger partial charge on any atom is -0.301 e. The van der Waals surface area contributed by atoms with Gasteiger partial charge in [-0.2, -0.15) is 0 Å². The van der Waals surface area contributed by atoms with Gasteiger partial charge in [-0.1, -0.05) is 0 Å². The Hall–Kier alpha value is 2.32. The van der Waals surface area contributed by atoms with Crippen molar-refractivity contribution < 1.29 is 100 Å². The molecule has 0 amide bonds. The number of rotatable bonds is 3. The minimum absolute atomic E-state index is 0. The molecule has 0 saturated heterocycles. The van der Waals surface area contributed by atoms with E-state index >= 15 is 0 Å². The maximum Gasteiger partial charge on any atom is 0.497 e. The molecule has 0 atom stereocenters. The second kappa shape index (κ2) is 7.59. The molecule has 0 aliphatic rings. The Labute approximate surface area is 115 Å². The van der Waals surface area contributed by atoms with Gasteiger partial charge in [0.25, 0.3) is 0 Å². The predicted molar refractivity (Wildman–Crippen MR) is 26.3 cm³/mol. The summed E-state index contributed by atoms with van der Waals surface area (Å²) in [5.74, 6) is 0. The first-order valence-corrected chi connectivity index (χ1v) is 4.76. The van der Waals surface area contributed by atoms with Crippen LogP contribution in [0.3, 0.4) is 0 Å². The van der Waals surface area contributed by atoms with E-state index < -0.39 is 15.6 Å². The molecule has 0 aromatic carbocycles. The van der Waals surface area contributed by atoms with Crippen molar-refractivity contribution in [3.05, 3.63) is 0 Å². The van der Waals surface area contributed by atoms with Crippen molar-refractivity contribution in [2.45, 2.75) is 0 Å². The number of phosphoric acid groups is 2. The summed E-state index contributed by atoms with van der Waals surface area (Å²) in [6.45, 7) is 0. The molecule has 4 N–H and O–H groups in total. The van der Waals surface area contributed by atoms with Crippen molar-refractivity contribution in [1.82, 2.24) is 0 Å². The molecule has 0 aromatic rings. The Balaban J connectivity index is -0.000000405. The first-order chi connectivity index (χ1) is 4.21. The van der Waals surface area contributed by atoms with E-state index in [0.29, 0.717) is 0 Å². The zero-order valence-corrected chi connectivity index (χ0v) is 15.4. The van der Waals surface area contributed by atoms with E-state index in [-0.39, 0.29) is 62.2 Å². The molecular formula is H4O8P2U2. The van der Waals surface area contributed by atoms with Gasteiger partial charge in [0.05, 0.1) is 0 Å². The second-order valence-corrected chi connectivity index (χ2v) is 3.39. The minimum atomic E-state index is -4.98. The average Bonchev–Trinajstić information content (AvgIpc) is 1.57. The molecule has 0 aliphatic heterocycles. The van der Waals surface area contributed by atoms with Crippen LogP contribution in [0.5, 0.6) is 0 Å². The predicted octanol–water partition coefficient (Wildman–Crippen LogP) is -0.880. The first-order valence-electron chi connectivity index (χ1n) is 1.70. The fourth-order valence-electron chi connectivity index (χ4n) is 0.0868. The van der Waals surface area contributed by atoms with Crippen LogP contribution in [0.1, 0.15) is 0 Å². The van der Waals surface area contributed by atoms with Crippen molar-refractivity contribution in [2.75, 3.05) is 0 Å². The zero-order chi connectivity index (χ0) is 8.41. The molecule has 0 unspecified atom stereocenters. The molecule has 0 saturated carbocycles. The quantitative estimate of drug-likeness (QED) is 0.173. The molecule has 0 radical (unpaired) electrons. The van der Waals surface area contributed by atoms with Gasteiger partial charge < -0.3 is 19.6 Å². The zero-order valence-electron chi connectivity index (χ0n) is 5.32. The molecule has 0 aromatic heterocycles. The van der Waals surface area contributed by atoms with E-state index in [1.807, 2.05) is 0 Å². The number of hydrogen-bond donors (Lipinski definition) is 4. The van der Waals surface area contributed by atoms with Gasteiger partial charge in [-0.05, 0) is 0 Å². The molecule has 0 spiro atoms. The van der Waals surface area contributed by atoms with Gasteiger partial charge >= 0.3 is 15.6 Å². The smallest absolute Gasteiger partial charge is 0.301 e. The van der Waals surface area contributed by atoms with Gasteiger partial charge in [0.1, 0.15) is 0 Å². The third-order valence-electron chi connectivity index (χ3n) is 0.228. The topological polar surface area (TPSA) is 134 Å². The fourth-order valence-corrected chi connectivity index (χ4v) is 0.782. The van der Waals surface area contributed by atoms with Crippen LogP contribution in [-0.4, -0.2) is 19.6 Å². The van der Waals surface area contributed by atoms with E-state index in [9.17, 15) is 9.13 Å². The van der Waals surface area contributed by atoms with Crippen LogP contribution in [-0.2, 0) is 18.5 Å². The van der Waals surface area contributed by atoms with Crippen LogP contribution < -0.4 is 0 Å². The van der Waals surface area contributed by atoms with Gasteiger partial charge in [0, 0.05) is 62.2 Å². The molecule has 12 heavy (non-hydrogen) atoms. The van der Waals surface area contributed by atoms with Crippen LogP contribution in [0.4, 0.5) is 0 Å². The van der Waals surface area contributed by atoms with Gasteiger partial charge in [-0.3, -0.25) is 0 Å². The SMILES string of the molecule is O=P(O)(O)OOP(=O)(O)O.[U].[U]. The summed E-state index contributed by atoms with van der Waals surface area (Å²) in [6, 6.07) is 0. The summed E-state index contributed by atoms with van der Waals surface area (Å²) in [4.78, 5) is 31.2. The fraction of sp³-hybridized carbons (Fsp3) is 0. The van der Waals surface area contributed by atoms with Gasteiger partial charge in [-0.25, -0.2) is 9.13 Å². The summed E-state index contributed by atoms with van der Waals surface area (Å²) in [5, 5.41) is 0.